The topological polar surface area (TPSA) is 36.3 Å². The molecule has 1 aliphatic rings. The monoisotopic (exact) mass is 216 g/mol. The van der Waals surface area contributed by atoms with Gasteiger partial charge in [-0.3, -0.25) is 4.90 Å². The lowest BCUT2D eigenvalue weighted by molar-refractivity contribution is 0.164. The summed E-state index contributed by atoms with van der Waals surface area (Å²) in [4.78, 5) is 2.11. The molecule has 0 bridgehead atoms. The molecule has 0 N–H and O–H groups in total. The Morgan fingerprint density at radius 1 is 1.50 bits per heavy atom. The van der Waals surface area contributed by atoms with Crippen LogP contribution in [0.25, 0.3) is 0 Å². The number of rotatable bonds is 4. The molecular weight excluding hydrogens is 200 g/mol. The Balaban J connectivity index is 1.94. The van der Waals surface area contributed by atoms with Crippen LogP contribution in [0.2, 0.25) is 0 Å². The van der Waals surface area contributed by atoms with Crippen LogP contribution in [0.4, 0.5) is 0 Å². The van der Waals surface area contributed by atoms with E-state index in [1.54, 1.807) is 0 Å². The van der Waals surface area contributed by atoms with E-state index in [9.17, 15) is 0 Å². The molecule has 3 heteroatoms. The molecule has 0 amide bonds. The normalized spacial score (nSPS) is 17.9. The van der Waals surface area contributed by atoms with Crippen molar-refractivity contribution in [1.82, 2.24) is 4.90 Å². The third-order valence-electron chi connectivity index (χ3n) is 2.92. The van der Waals surface area contributed by atoms with E-state index in [0.717, 1.165) is 25.3 Å². The summed E-state index contributed by atoms with van der Waals surface area (Å²) in [5.74, 6) is 1.00. The molecule has 1 heterocycles. The fourth-order valence-corrected chi connectivity index (χ4v) is 2.05. The second-order valence-electron chi connectivity index (χ2n) is 4.04. The van der Waals surface area contributed by atoms with Crippen LogP contribution in [0.15, 0.2) is 24.3 Å². The van der Waals surface area contributed by atoms with Gasteiger partial charge in [0.05, 0.1) is 12.6 Å². The van der Waals surface area contributed by atoms with Crippen LogP contribution in [0, 0.1) is 11.3 Å². The first-order valence-electron chi connectivity index (χ1n) is 5.67. The molecule has 0 spiro atoms. The van der Waals surface area contributed by atoms with Crippen molar-refractivity contribution < 1.29 is 4.74 Å². The van der Waals surface area contributed by atoms with E-state index in [-0.39, 0.29) is 6.10 Å². The Morgan fingerprint density at radius 3 is 3.00 bits per heavy atom. The van der Waals surface area contributed by atoms with Crippen molar-refractivity contribution in [3.63, 3.8) is 0 Å². The average Bonchev–Trinajstić information content (AvgIpc) is 2.70. The van der Waals surface area contributed by atoms with E-state index in [4.69, 9.17) is 10.00 Å². The summed E-state index contributed by atoms with van der Waals surface area (Å²) in [5.41, 5.74) is 1.28. The number of para-hydroxylation sites is 1. The van der Waals surface area contributed by atoms with Gasteiger partial charge in [0.15, 0.2) is 0 Å². The van der Waals surface area contributed by atoms with Crippen LogP contribution in [-0.4, -0.2) is 30.6 Å². The van der Waals surface area contributed by atoms with E-state index in [1.807, 2.05) is 18.2 Å². The van der Waals surface area contributed by atoms with Gasteiger partial charge in [0, 0.05) is 13.0 Å². The second kappa shape index (κ2) is 5.00. The molecule has 1 unspecified atom stereocenters. The molecule has 16 heavy (non-hydrogen) atoms. The molecule has 1 aliphatic heterocycles. The van der Waals surface area contributed by atoms with Crippen molar-refractivity contribution in [2.45, 2.75) is 19.4 Å². The first-order valence-corrected chi connectivity index (χ1v) is 5.67. The van der Waals surface area contributed by atoms with Gasteiger partial charge in [-0.25, -0.2) is 0 Å². The van der Waals surface area contributed by atoms with Gasteiger partial charge in [-0.05, 0) is 18.2 Å². The van der Waals surface area contributed by atoms with Crippen molar-refractivity contribution in [2.75, 3.05) is 19.6 Å². The smallest absolute Gasteiger partial charge is 0.123 e. The molecule has 0 aliphatic carbocycles. The molecule has 1 aromatic rings. The van der Waals surface area contributed by atoms with Crippen molar-refractivity contribution in [2.24, 2.45) is 0 Å². The zero-order chi connectivity index (χ0) is 11.4. The summed E-state index contributed by atoms with van der Waals surface area (Å²) in [6.07, 6.45) is 1.16. The number of hydrogen-bond acceptors (Lipinski definition) is 3. The number of hydrogen-bond donors (Lipinski definition) is 0. The number of fused-ring (bicyclic) bond motifs is 1. The van der Waals surface area contributed by atoms with Crippen LogP contribution in [0.1, 0.15) is 12.5 Å². The molecule has 0 saturated carbocycles. The second-order valence-corrected chi connectivity index (χ2v) is 4.04. The van der Waals surface area contributed by atoms with E-state index in [1.165, 1.54) is 5.56 Å². The fraction of sp³-hybridized carbons (Fsp3) is 0.462. The van der Waals surface area contributed by atoms with Gasteiger partial charge < -0.3 is 4.74 Å². The largest absolute Gasteiger partial charge is 0.488 e. The van der Waals surface area contributed by atoms with Crippen molar-refractivity contribution in [1.29, 1.82) is 5.26 Å². The third kappa shape index (κ3) is 2.34. The molecule has 1 aromatic carbocycles. The van der Waals surface area contributed by atoms with E-state index in [2.05, 4.69) is 24.0 Å². The number of ether oxygens (including phenoxy) is 1. The first-order chi connectivity index (χ1) is 7.83. The quantitative estimate of drug-likeness (QED) is 0.720. The Hall–Kier alpha value is -1.53. The Bertz CT molecular complexity index is 372. The highest BCUT2D eigenvalue weighted by Crippen LogP contribution is 2.28. The molecule has 0 fully saturated rings. The third-order valence-corrected chi connectivity index (χ3v) is 2.92. The molecular formula is C13H16N2O. The molecule has 0 saturated heterocycles. The Morgan fingerprint density at radius 2 is 2.31 bits per heavy atom. The SMILES string of the molecule is CCN(CC#N)CC1Cc2ccccc2O1. The maximum atomic E-state index is 8.68. The summed E-state index contributed by atoms with van der Waals surface area (Å²) in [6, 6.07) is 10.3. The predicted octanol–water partition coefficient (Wildman–Crippen LogP) is 1.84. The lowest BCUT2D eigenvalue weighted by Gasteiger charge is -2.20. The van der Waals surface area contributed by atoms with Gasteiger partial charge in [-0.2, -0.15) is 5.26 Å². The van der Waals surface area contributed by atoms with Gasteiger partial charge >= 0.3 is 0 Å². The van der Waals surface area contributed by atoms with Crippen molar-refractivity contribution >= 4 is 0 Å². The van der Waals surface area contributed by atoms with Gasteiger partial charge in [0.25, 0.3) is 0 Å². The molecule has 84 valence electrons. The van der Waals surface area contributed by atoms with E-state index in [0.29, 0.717) is 6.54 Å². The van der Waals surface area contributed by atoms with Crippen molar-refractivity contribution in [3.05, 3.63) is 29.8 Å². The summed E-state index contributed by atoms with van der Waals surface area (Å²) in [6.45, 7) is 4.27. The lowest BCUT2D eigenvalue weighted by Crippen LogP contribution is -2.34. The number of benzene rings is 1. The molecule has 0 radical (unpaired) electrons. The van der Waals surface area contributed by atoms with Crippen LogP contribution in [0.3, 0.4) is 0 Å². The van der Waals surface area contributed by atoms with Crippen molar-refractivity contribution in [3.8, 4) is 11.8 Å². The van der Waals surface area contributed by atoms with Crippen LogP contribution >= 0.6 is 0 Å². The maximum Gasteiger partial charge on any atom is 0.123 e. The standard InChI is InChI=1S/C13H16N2O/c1-2-15(8-7-14)10-12-9-11-5-3-4-6-13(11)16-12/h3-6,12H,2,8-10H2,1H3. The van der Waals surface area contributed by atoms with Gasteiger partial charge in [0.2, 0.25) is 0 Å². The highest BCUT2D eigenvalue weighted by atomic mass is 16.5. The van der Waals surface area contributed by atoms with Gasteiger partial charge in [-0.15, -0.1) is 0 Å². The number of nitrogens with zero attached hydrogens (tertiary/aromatic N) is 2. The minimum atomic E-state index is 0.200. The number of likely N-dealkylation sites (N-methyl/N-ethyl adjacent to an activating group) is 1. The predicted molar refractivity (Wildman–Crippen MR) is 62.3 cm³/mol. The molecule has 3 nitrogen and oxygen atoms in total. The van der Waals surface area contributed by atoms with Crippen LogP contribution < -0.4 is 4.74 Å². The Labute approximate surface area is 96.2 Å². The van der Waals surface area contributed by atoms with Crippen LogP contribution in [-0.2, 0) is 6.42 Å². The molecule has 1 atom stereocenters. The summed E-state index contributed by atoms with van der Waals surface area (Å²) in [7, 11) is 0. The highest BCUT2D eigenvalue weighted by molar-refractivity contribution is 5.37. The summed E-state index contributed by atoms with van der Waals surface area (Å²) in [5, 5.41) is 8.68. The summed E-state index contributed by atoms with van der Waals surface area (Å²) >= 11 is 0. The lowest BCUT2D eigenvalue weighted by atomic mass is 10.1. The zero-order valence-electron chi connectivity index (χ0n) is 9.52. The van der Waals surface area contributed by atoms with Gasteiger partial charge in [-0.1, -0.05) is 25.1 Å². The highest BCUT2D eigenvalue weighted by Gasteiger charge is 2.23. The van der Waals surface area contributed by atoms with Gasteiger partial charge in [0.1, 0.15) is 11.9 Å². The molecule has 2 rings (SSSR count). The minimum Gasteiger partial charge on any atom is -0.488 e. The zero-order valence-corrected chi connectivity index (χ0v) is 9.52. The Kier molecular flexibility index (Phi) is 3.43. The summed E-state index contributed by atoms with van der Waals surface area (Å²) < 4.78 is 5.83. The van der Waals surface area contributed by atoms with Crippen LogP contribution in [0.5, 0.6) is 5.75 Å². The number of nitriles is 1. The minimum absolute atomic E-state index is 0.200. The average molecular weight is 216 g/mol. The fourth-order valence-electron chi connectivity index (χ4n) is 2.05. The first kappa shape index (κ1) is 11.0. The maximum absolute atomic E-state index is 8.68. The van der Waals surface area contributed by atoms with E-state index >= 15 is 0 Å². The van der Waals surface area contributed by atoms with E-state index < -0.39 is 0 Å². The molecule has 0 aromatic heterocycles.